The Morgan fingerprint density at radius 1 is 0.939 bits per heavy atom. The van der Waals surface area contributed by atoms with E-state index in [0.717, 1.165) is 49.1 Å². The van der Waals surface area contributed by atoms with E-state index < -0.39 is 5.60 Å². The molecule has 5 rings (SSSR count). The lowest BCUT2D eigenvalue weighted by molar-refractivity contribution is -0.131. The van der Waals surface area contributed by atoms with Gasteiger partial charge in [-0.25, -0.2) is 4.79 Å². The van der Waals surface area contributed by atoms with Crippen LogP contribution in [0, 0.1) is 0 Å². The molecule has 0 N–H and O–H groups in total. The number of para-hydroxylation sites is 1. The number of hydrogen-bond donors (Lipinski definition) is 0. The molecular formula is C25H29ClN4O3. The monoisotopic (exact) mass is 468 g/mol. The first-order chi connectivity index (χ1) is 16.0. The molecule has 3 aliphatic heterocycles. The van der Waals surface area contributed by atoms with Crippen LogP contribution in [0.15, 0.2) is 54.6 Å². The van der Waals surface area contributed by atoms with Gasteiger partial charge in [-0.2, -0.15) is 0 Å². The summed E-state index contributed by atoms with van der Waals surface area (Å²) in [6.45, 7) is 6.05. The van der Waals surface area contributed by atoms with Crippen molar-refractivity contribution in [2.45, 2.75) is 18.4 Å². The maximum absolute atomic E-state index is 12.9. The molecule has 0 saturated carbocycles. The smallest absolute Gasteiger partial charge is 0.415 e. The second-order valence-electron chi connectivity index (χ2n) is 9.10. The van der Waals surface area contributed by atoms with Crippen molar-refractivity contribution in [3.05, 3.63) is 59.6 Å². The third-order valence-corrected chi connectivity index (χ3v) is 7.13. The molecule has 174 valence electrons. The Morgan fingerprint density at radius 3 is 2.45 bits per heavy atom. The number of likely N-dealkylation sites (tertiary alicyclic amines) is 1. The highest BCUT2D eigenvalue weighted by atomic mass is 35.5. The van der Waals surface area contributed by atoms with Crippen molar-refractivity contribution in [2.75, 3.05) is 62.2 Å². The lowest BCUT2D eigenvalue weighted by Gasteiger charge is -2.36. The molecule has 7 nitrogen and oxygen atoms in total. The van der Waals surface area contributed by atoms with Crippen molar-refractivity contribution >= 4 is 35.0 Å². The number of carbonyl (C=O) groups is 2. The number of amides is 2. The average molecular weight is 469 g/mol. The van der Waals surface area contributed by atoms with E-state index in [1.54, 1.807) is 4.90 Å². The van der Waals surface area contributed by atoms with Crippen molar-refractivity contribution < 1.29 is 14.3 Å². The van der Waals surface area contributed by atoms with E-state index in [9.17, 15) is 9.59 Å². The predicted molar refractivity (Wildman–Crippen MR) is 129 cm³/mol. The third kappa shape index (κ3) is 4.80. The minimum atomic E-state index is -0.592. The minimum Gasteiger partial charge on any atom is -0.439 e. The molecule has 3 aliphatic rings. The number of anilines is 2. The molecule has 3 heterocycles. The van der Waals surface area contributed by atoms with E-state index in [0.29, 0.717) is 32.5 Å². The summed E-state index contributed by atoms with van der Waals surface area (Å²) in [7, 11) is 0. The van der Waals surface area contributed by atoms with Gasteiger partial charge >= 0.3 is 6.09 Å². The average Bonchev–Trinajstić information content (AvgIpc) is 3.40. The van der Waals surface area contributed by atoms with Crippen molar-refractivity contribution in [1.82, 2.24) is 9.80 Å². The SMILES string of the molecule is O=C(CCN1CCN(c2cccc(Cl)c2)CC1)N1CCC2(C1)CN(c1ccccc1)C(=O)O2. The molecule has 0 radical (unpaired) electrons. The van der Waals surface area contributed by atoms with Gasteiger partial charge in [0.2, 0.25) is 5.91 Å². The summed E-state index contributed by atoms with van der Waals surface area (Å²) in [6.07, 6.45) is 0.850. The second-order valence-corrected chi connectivity index (χ2v) is 9.53. The molecule has 0 bridgehead atoms. The first-order valence-electron chi connectivity index (χ1n) is 11.6. The lowest BCUT2D eigenvalue weighted by Crippen LogP contribution is -2.47. The van der Waals surface area contributed by atoms with Crippen LogP contribution < -0.4 is 9.80 Å². The van der Waals surface area contributed by atoms with E-state index in [1.165, 1.54) is 0 Å². The summed E-state index contributed by atoms with van der Waals surface area (Å²) >= 11 is 6.12. The maximum atomic E-state index is 12.9. The van der Waals surface area contributed by atoms with Crippen LogP contribution in [0.5, 0.6) is 0 Å². The van der Waals surface area contributed by atoms with Crippen LogP contribution in [-0.2, 0) is 9.53 Å². The van der Waals surface area contributed by atoms with Gasteiger partial charge in [-0.05, 0) is 30.3 Å². The highest BCUT2D eigenvalue weighted by Crippen LogP contribution is 2.35. The topological polar surface area (TPSA) is 56.3 Å². The first kappa shape index (κ1) is 22.0. The van der Waals surface area contributed by atoms with E-state index in [4.69, 9.17) is 16.3 Å². The fraction of sp³-hybridized carbons (Fsp3) is 0.440. The number of nitrogens with zero attached hydrogens (tertiary/aromatic N) is 4. The Labute approximate surface area is 199 Å². The molecule has 2 aromatic rings. The number of hydrogen-bond acceptors (Lipinski definition) is 5. The van der Waals surface area contributed by atoms with Gasteiger partial charge in [0.25, 0.3) is 0 Å². The zero-order valence-electron chi connectivity index (χ0n) is 18.7. The fourth-order valence-corrected chi connectivity index (χ4v) is 5.20. The van der Waals surface area contributed by atoms with Crippen molar-refractivity contribution in [3.63, 3.8) is 0 Å². The second kappa shape index (κ2) is 9.23. The molecule has 1 spiro atoms. The molecule has 0 aliphatic carbocycles. The Kier molecular flexibility index (Phi) is 6.17. The van der Waals surface area contributed by atoms with Crippen LogP contribution in [-0.4, -0.2) is 79.8 Å². The molecular weight excluding hydrogens is 440 g/mol. The Balaban J connectivity index is 1.09. The first-order valence-corrected chi connectivity index (χ1v) is 12.0. The van der Waals surface area contributed by atoms with Gasteiger partial charge in [0.15, 0.2) is 5.60 Å². The molecule has 2 amide bonds. The zero-order chi connectivity index (χ0) is 22.8. The van der Waals surface area contributed by atoms with E-state index in [-0.39, 0.29) is 12.0 Å². The molecule has 3 fully saturated rings. The number of benzene rings is 2. The quantitative estimate of drug-likeness (QED) is 0.672. The standard InChI is InChI=1S/C25H29ClN4O3/c26-20-5-4-8-22(17-20)28-15-13-27(14-16-28)11-9-23(31)29-12-10-25(18-29)19-30(24(32)33-25)21-6-2-1-3-7-21/h1-8,17H,9-16,18-19H2. The number of rotatable bonds is 5. The van der Waals surface area contributed by atoms with Crippen LogP contribution in [0.2, 0.25) is 5.02 Å². The van der Waals surface area contributed by atoms with Crippen molar-refractivity contribution in [1.29, 1.82) is 0 Å². The number of piperazine rings is 1. The summed E-state index contributed by atoms with van der Waals surface area (Å²) in [6, 6.07) is 17.5. The number of carbonyl (C=O) groups excluding carboxylic acids is 2. The minimum absolute atomic E-state index is 0.137. The molecule has 1 unspecified atom stereocenters. The summed E-state index contributed by atoms with van der Waals surface area (Å²) in [5.74, 6) is 0.137. The highest BCUT2D eigenvalue weighted by molar-refractivity contribution is 6.30. The molecule has 33 heavy (non-hydrogen) atoms. The van der Waals surface area contributed by atoms with E-state index >= 15 is 0 Å². The lowest BCUT2D eigenvalue weighted by atomic mass is 10.0. The van der Waals surface area contributed by atoms with Gasteiger partial charge < -0.3 is 14.5 Å². The molecule has 2 aromatic carbocycles. The van der Waals surface area contributed by atoms with Gasteiger partial charge in [-0.3, -0.25) is 14.6 Å². The van der Waals surface area contributed by atoms with Gasteiger partial charge in [0.05, 0.1) is 13.1 Å². The predicted octanol–water partition coefficient (Wildman–Crippen LogP) is 3.48. The van der Waals surface area contributed by atoms with Gasteiger partial charge in [-0.15, -0.1) is 0 Å². The summed E-state index contributed by atoms with van der Waals surface area (Å²) < 4.78 is 5.78. The Bertz CT molecular complexity index is 1010. The normalized spacial score (nSPS) is 23.4. The van der Waals surface area contributed by atoms with Gasteiger partial charge in [-0.1, -0.05) is 35.9 Å². The largest absolute Gasteiger partial charge is 0.439 e. The number of halogens is 1. The van der Waals surface area contributed by atoms with E-state index in [1.807, 2.05) is 53.4 Å². The van der Waals surface area contributed by atoms with Gasteiger partial charge in [0.1, 0.15) is 0 Å². The third-order valence-electron chi connectivity index (χ3n) is 6.89. The van der Waals surface area contributed by atoms with Crippen LogP contribution in [0.3, 0.4) is 0 Å². The van der Waals surface area contributed by atoms with Crippen LogP contribution in [0.4, 0.5) is 16.2 Å². The van der Waals surface area contributed by atoms with Crippen LogP contribution in [0.25, 0.3) is 0 Å². The van der Waals surface area contributed by atoms with E-state index in [2.05, 4.69) is 15.9 Å². The van der Waals surface area contributed by atoms with Crippen LogP contribution >= 0.6 is 11.6 Å². The summed E-state index contributed by atoms with van der Waals surface area (Å²) in [5.41, 5.74) is 1.39. The van der Waals surface area contributed by atoms with Gasteiger partial charge in [0, 0.05) is 68.5 Å². The Morgan fingerprint density at radius 2 is 1.70 bits per heavy atom. The number of ether oxygens (including phenoxy) is 1. The van der Waals surface area contributed by atoms with Crippen molar-refractivity contribution in [2.24, 2.45) is 0 Å². The summed E-state index contributed by atoms with van der Waals surface area (Å²) in [5, 5.41) is 0.753. The van der Waals surface area contributed by atoms with Crippen molar-refractivity contribution in [3.8, 4) is 0 Å². The molecule has 3 saturated heterocycles. The fourth-order valence-electron chi connectivity index (χ4n) is 5.01. The molecule has 1 atom stereocenters. The van der Waals surface area contributed by atoms with Crippen LogP contribution in [0.1, 0.15) is 12.8 Å². The summed E-state index contributed by atoms with van der Waals surface area (Å²) in [4.78, 5) is 33.6. The maximum Gasteiger partial charge on any atom is 0.415 e. The highest BCUT2D eigenvalue weighted by Gasteiger charge is 2.50. The molecule has 0 aromatic heterocycles. The molecule has 8 heteroatoms. The Hall–Kier alpha value is -2.77. The zero-order valence-corrected chi connectivity index (χ0v) is 19.4.